The van der Waals surface area contributed by atoms with E-state index in [9.17, 15) is 14.4 Å². The Morgan fingerprint density at radius 2 is 1.70 bits per heavy atom. The summed E-state index contributed by atoms with van der Waals surface area (Å²) in [6, 6.07) is 21.9. The molecule has 6 nitrogen and oxygen atoms in total. The van der Waals surface area contributed by atoms with Gasteiger partial charge in [0.05, 0.1) is 13.6 Å². The molecule has 1 fully saturated rings. The molecule has 1 saturated heterocycles. The summed E-state index contributed by atoms with van der Waals surface area (Å²) in [5.41, 5.74) is 7.87. The van der Waals surface area contributed by atoms with Gasteiger partial charge in [0, 0.05) is 16.7 Å². The highest BCUT2D eigenvalue weighted by atomic mass is 32.2. The molecule has 4 heterocycles. The van der Waals surface area contributed by atoms with Gasteiger partial charge in [-0.1, -0.05) is 72.4 Å². The van der Waals surface area contributed by atoms with E-state index in [1.807, 2.05) is 72.1 Å². The Hall–Kier alpha value is -2.89. The van der Waals surface area contributed by atoms with Gasteiger partial charge in [0.25, 0.3) is 0 Å². The van der Waals surface area contributed by atoms with Crippen molar-refractivity contribution in [2.75, 3.05) is 5.75 Å². The molecule has 2 N–H and O–H groups in total. The van der Waals surface area contributed by atoms with E-state index >= 15 is 0 Å². The first-order valence-corrected chi connectivity index (χ1v) is 15.0. The molecule has 186 valence electrons. The lowest BCUT2D eigenvalue weighted by atomic mass is 10.0. The number of benzene rings is 2. The predicted molar refractivity (Wildman–Crippen MR) is 151 cm³/mol. The zero-order valence-corrected chi connectivity index (χ0v) is 22.5. The Labute approximate surface area is 229 Å². The Kier molecular flexibility index (Phi) is 6.68. The van der Waals surface area contributed by atoms with E-state index in [0.29, 0.717) is 10.7 Å². The van der Waals surface area contributed by atoms with Crippen LogP contribution in [0.3, 0.4) is 0 Å². The number of esters is 1. The van der Waals surface area contributed by atoms with Gasteiger partial charge in [0.15, 0.2) is 11.5 Å². The van der Waals surface area contributed by atoms with Crippen LogP contribution in [-0.2, 0) is 14.3 Å². The number of rotatable bonds is 6. The lowest BCUT2D eigenvalue weighted by Crippen LogP contribution is -2.68. The molecule has 6 rings (SSSR count). The number of hydrogen-bond acceptors (Lipinski definition) is 9. The van der Waals surface area contributed by atoms with Crippen LogP contribution in [0.4, 0.5) is 0 Å². The number of carbonyl (C=O) groups excluding carboxylic acids is 2. The molecule has 0 bridgehead atoms. The Morgan fingerprint density at radius 3 is 2.38 bits per heavy atom. The van der Waals surface area contributed by atoms with Gasteiger partial charge in [-0.25, -0.2) is 4.79 Å². The highest BCUT2D eigenvalue weighted by Crippen LogP contribution is 2.46. The van der Waals surface area contributed by atoms with E-state index in [2.05, 4.69) is 0 Å². The zero-order valence-electron chi connectivity index (χ0n) is 19.2. The summed E-state index contributed by atoms with van der Waals surface area (Å²) in [7, 11) is 0. The van der Waals surface area contributed by atoms with E-state index in [1.54, 1.807) is 6.07 Å². The van der Waals surface area contributed by atoms with Crippen molar-refractivity contribution < 1.29 is 14.3 Å². The Bertz CT molecular complexity index is 1540. The first kappa shape index (κ1) is 24.4. The minimum atomic E-state index is -0.656. The monoisotopic (exact) mass is 564 g/mol. The molecule has 0 saturated carbocycles. The third-order valence-corrected chi connectivity index (χ3v) is 11.0. The van der Waals surface area contributed by atoms with Crippen LogP contribution in [-0.4, -0.2) is 33.9 Å². The fourth-order valence-corrected chi connectivity index (χ4v) is 9.12. The van der Waals surface area contributed by atoms with Crippen molar-refractivity contribution in [3.8, 4) is 0 Å². The van der Waals surface area contributed by atoms with Gasteiger partial charge in [-0.05, 0) is 22.6 Å². The third kappa shape index (κ3) is 4.53. The number of ether oxygens (including phenoxy) is 1. The van der Waals surface area contributed by atoms with Crippen molar-refractivity contribution in [1.82, 2.24) is 4.90 Å². The second-order valence-electron chi connectivity index (χ2n) is 8.46. The summed E-state index contributed by atoms with van der Waals surface area (Å²) in [5.74, 6) is -0.407. The fraction of sp³-hybridized carbons (Fsp3) is 0.148. The van der Waals surface area contributed by atoms with Gasteiger partial charge in [0.1, 0.15) is 17.1 Å². The summed E-state index contributed by atoms with van der Waals surface area (Å²) >= 11 is 5.77. The maximum Gasteiger partial charge on any atom is 0.356 e. The van der Waals surface area contributed by atoms with Crippen LogP contribution in [0.25, 0.3) is 9.40 Å². The predicted octanol–water partition coefficient (Wildman–Crippen LogP) is 5.20. The minimum Gasteiger partial charge on any atom is -0.448 e. The van der Waals surface area contributed by atoms with Gasteiger partial charge in [-0.2, -0.15) is 0 Å². The fourth-order valence-electron chi connectivity index (χ4n) is 4.34. The molecule has 2 aliphatic rings. The van der Waals surface area contributed by atoms with Crippen LogP contribution in [0.5, 0.6) is 0 Å². The van der Waals surface area contributed by atoms with Gasteiger partial charge in [0.2, 0.25) is 5.91 Å². The quantitative estimate of drug-likeness (QED) is 0.254. The summed E-state index contributed by atoms with van der Waals surface area (Å²) in [6.45, 7) is 0. The smallest absolute Gasteiger partial charge is 0.356 e. The zero-order chi connectivity index (χ0) is 25.5. The third-order valence-electron chi connectivity index (χ3n) is 6.13. The summed E-state index contributed by atoms with van der Waals surface area (Å²) in [6.07, 6.45) is -0.648. The lowest BCUT2D eigenvalue weighted by molar-refractivity contribution is -0.152. The highest BCUT2D eigenvalue weighted by Gasteiger charge is 2.52. The Balaban J connectivity index is 1.39. The molecule has 2 aromatic heterocycles. The molecule has 0 aliphatic carbocycles. The molecule has 2 aromatic carbocycles. The van der Waals surface area contributed by atoms with Crippen molar-refractivity contribution in [3.05, 3.63) is 110 Å². The minimum absolute atomic E-state index is 0.0485. The molecule has 0 spiro atoms. The average Bonchev–Trinajstić information content (AvgIpc) is 3.41. The topological polar surface area (TPSA) is 89.7 Å². The van der Waals surface area contributed by atoms with Gasteiger partial charge in [-0.3, -0.25) is 14.5 Å². The number of β-lactam (4-membered cyclic amide) rings is 1. The number of carbonyl (C=O) groups is 2. The van der Waals surface area contributed by atoms with E-state index in [1.165, 1.54) is 51.1 Å². The van der Waals surface area contributed by atoms with E-state index in [0.717, 1.165) is 24.7 Å². The van der Waals surface area contributed by atoms with Crippen molar-refractivity contribution in [1.29, 1.82) is 0 Å². The van der Waals surface area contributed by atoms with Gasteiger partial charge >= 0.3 is 5.97 Å². The summed E-state index contributed by atoms with van der Waals surface area (Å²) in [4.78, 5) is 41.4. The van der Waals surface area contributed by atoms with Gasteiger partial charge in [-0.15, -0.1) is 34.4 Å². The molecule has 0 radical (unpaired) electrons. The molecule has 37 heavy (non-hydrogen) atoms. The van der Waals surface area contributed by atoms with Crippen LogP contribution in [0.1, 0.15) is 17.2 Å². The largest absolute Gasteiger partial charge is 0.448 e. The normalized spacial score (nSPS) is 19.2. The van der Waals surface area contributed by atoms with E-state index < -0.39 is 18.1 Å². The molecule has 1 amide bonds. The second-order valence-corrected chi connectivity index (χ2v) is 13.0. The van der Waals surface area contributed by atoms with Crippen molar-refractivity contribution >= 4 is 67.5 Å². The molecule has 2 atom stereocenters. The maximum absolute atomic E-state index is 13.8. The molecule has 2 aliphatic heterocycles. The summed E-state index contributed by atoms with van der Waals surface area (Å²) < 4.78 is 8.52. The first-order valence-electron chi connectivity index (χ1n) is 11.4. The van der Waals surface area contributed by atoms with Crippen LogP contribution >= 0.6 is 46.2 Å². The number of amides is 1. The average molecular weight is 565 g/mol. The second kappa shape index (κ2) is 10.1. The standard InChI is InChI=1S/C27H20N2O4S4/c28-21-25(31)29-22(27(32)33-23(15-7-3-1-4-8-15)16-9-5-2-6-10-16)19(14-35-26(21)29)37-20-13-17(30)24-18(36-20)11-12-34-24/h1-13,21,23,26H,14,28H2/t21-,26+/m1/s1. The molecular weight excluding hydrogens is 545 g/mol. The van der Waals surface area contributed by atoms with Crippen LogP contribution in [0, 0.1) is 0 Å². The SMILES string of the molecule is N[C@@H]1C(=O)N2C(C(=O)OC(c3ccccc3)c3ccccc3)=C(Sc3cc(=O)c4sccc4s3)CS[C@@H]12. The number of thioether (sulfide) groups is 2. The van der Waals surface area contributed by atoms with Crippen molar-refractivity contribution in [3.63, 3.8) is 0 Å². The number of nitrogens with zero attached hydrogens (tertiary/aromatic N) is 1. The van der Waals surface area contributed by atoms with Crippen molar-refractivity contribution in [2.24, 2.45) is 5.73 Å². The number of fused-ring (bicyclic) bond motifs is 2. The molecule has 0 unspecified atom stereocenters. The molecular formula is C27H20N2O4S4. The Morgan fingerprint density at radius 1 is 1.03 bits per heavy atom. The highest BCUT2D eigenvalue weighted by molar-refractivity contribution is 8.07. The lowest BCUT2D eigenvalue weighted by Gasteiger charge is -2.48. The van der Waals surface area contributed by atoms with E-state index in [-0.39, 0.29) is 22.4 Å². The molecule has 10 heteroatoms. The summed E-state index contributed by atoms with van der Waals surface area (Å²) in [5, 5.41) is 1.58. The van der Waals surface area contributed by atoms with Crippen molar-refractivity contribution in [2.45, 2.75) is 21.7 Å². The maximum atomic E-state index is 13.8. The van der Waals surface area contributed by atoms with Crippen LogP contribution < -0.4 is 11.2 Å². The van der Waals surface area contributed by atoms with E-state index in [4.69, 9.17) is 10.5 Å². The van der Waals surface area contributed by atoms with Crippen LogP contribution in [0.15, 0.2) is 97.8 Å². The van der Waals surface area contributed by atoms with Gasteiger partial charge < -0.3 is 10.5 Å². The number of thiophene rings is 1. The molecule has 4 aromatic rings. The number of hydrogen-bond donors (Lipinski definition) is 1. The number of nitrogens with two attached hydrogens (primary N) is 1. The van der Waals surface area contributed by atoms with Crippen LogP contribution in [0.2, 0.25) is 0 Å². The first-order chi connectivity index (χ1) is 18.0.